The Kier molecular flexibility index (Phi) is 17.7. The maximum Gasteiger partial charge on any atom is 0.0569 e. The molecular formula is C15H35P2+. The lowest BCUT2D eigenvalue weighted by Gasteiger charge is -2.00. The molecule has 0 nitrogen and oxygen atoms in total. The van der Waals surface area contributed by atoms with Gasteiger partial charge in [0.2, 0.25) is 0 Å². The molecule has 2 heteroatoms. The first kappa shape index (κ1) is 17.9. The topological polar surface area (TPSA) is 0 Å². The molecule has 0 aromatic rings. The van der Waals surface area contributed by atoms with Gasteiger partial charge in [-0.15, -0.1) is 0 Å². The van der Waals surface area contributed by atoms with Gasteiger partial charge in [0.1, 0.15) is 0 Å². The Bertz CT molecular complexity index is 112. The SMILES string of the molecule is CCCCCCCCCP[PH2+]CCCCCC. The Morgan fingerprint density at radius 1 is 0.647 bits per heavy atom. The van der Waals surface area contributed by atoms with Gasteiger partial charge in [0.15, 0.2) is 0 Å². The molecular weight excluding hydrogens is 242 g/mol. The third kappa shape index (κ3) is 16.9. The third-order valence-electron chi connectivity index (χ3n) is 3.27. The van der Waals surface area contributed by atoms with Gasteiger partial charge >= 0.3 is 0 Å². The minimum absolute atomic E-state index is 0.823. The minimum atomic E-state index is 0.823. The van der Waals surface area contributed by atoms with E-state index in [-0.39, 0.29) is 0 Å². The zero-order valence-corrected chi connectivity index (χ0v) is 14.4. The van der Waals surface area contributed by atoms with Gasteiger partial charge in [-0.05, 0) is 25.4 Å². The third-order valence-corrected chi connectivity index (χ3v) is 7.50. The first-order valence-corrected chi connectivity index (χ1v) is 11.8. The van der Waals surface area contributed by atoms with Crippen molar-refractivity contribution in [2.75, 3.05) is 12.3 Å². The molecule has 0 bridgehead atoms. The van der Waals surface area contributed by atoms with Crippen LogP contribution in [-0.4, -0.2) is 12.3 Å². The maximum atomic E-state index is 2.30. The lowest BCUT2D eigenvalue weighted by atomic mass is 10.1. The van der Waals surface area contributed by atoms with Crippen molar-refractivity contribution in [2.24, 2.45) is 0 Å². The second-order valence-electron chi connectivity index (χ2n) is 5.13. The van der Waals surface area contributed by atoms with E-state index in [1.54, 1.807) is 12.3 Å². The fraction of sp³-hybridized carbons (Fsp3) is 1.00. The van der Waals surface area contributed by atoms with Gasteiger partial charge in [-0.2, -0.15) is 0 Å². The summed E-state index contributed by atoms with van der Waals surface area (Å²) in [6, 6.07) is 0. The van der Waals surface area contributed by atoms with E-state index in [2.05, 4.69) is 13.8 Å². The van der Waals surface area contributed by atoms with Crippen LogP contribution in [0, 0.1) is 0 Å². The van der Waals surface area contributed by atoms with Crippen molar-refractivity contribution in [1.29, 1.82) is 0 Å². The molecule has 0 aromatic heterocycles. The molecule has 0 aliphatic rings. The first-order valence-electron chi connectivity index (χ1n) is 7.96. The fourth-order valence-corrected chi connectivity index (χ4v) is 5.87. The molecule has 0 amide bonds. The molecule has 0 spiro atoms. The van der Waals surface area contributed by atoms with Crippen LogP contribution in [0.25, 0.3) is 0 Å². The van der Waals surface area contributed by atoms with Crippen molar-refractivity contribution in [1.82, 2.24) is 0 Å². The van der Waals surface area contributed by atoms with Crippen LogP contribution in [0.4, 0.5) is 0 Å². The van der Waals surface area contributed by atoms with Crippen molar-refractivity contribution in [2.45, 2.75) is 84.5 Å². The van der Waals surface area contributed by atoms with Crippen LogP contribution in [0.5, 0.6) is 0 Å². The highest BCUT2D eigenvalue weighted by Gasteiger charge is 1.97. The molecule has 17 heavy (non-hydrogen) atoms. The van der Waals surface area contributed by atoms with Crippen LogP contribution in [0.3, 0.4) is 0 Å². The van der Waals surface area contributed by atoms with Crippen molar-refractivity contribution in [3.05, 3.63) is 0 Å². The average Bonchev–Trinajstić information content (AvgIpc) is 2.35. The number of hydrogen-bond acceptors (Lipinski definition) is 0. The van der Waals surface area contributed by atoms with E-state index in [0.29, 0.717) is 0 Å². The second kappa shape index (κ2) is 16.9. The van der Waals surface area contributed by atoms with Crippen molar-refractivity contribution in [3.63, 3.8) is 0 Å². The molecule has 0 rings (SSSR count). The van der Waals surface area contributed by atoms with E-state index in [0.717, 1.165) is 8.27 Å². The maximum absolute atomic E-state index is 2.30. The monoisotopic (exact) mass is 277 g/mol. The smallest absolute Gasteiger partial charge is 0.0569 e. The number of unbranched alkanes of at least 4 members (excludes halogenated alkanes) is 9. The van der Waals surface area contributed by atoms with E-state index in [4.69, 9.17) is 0 Å². The largest absolute Gasteiger partial charge is 0.0654 e. The minimum Gasteiger partial charge on any atom is -0.0654 e. The highest BCUT2D eigenvalue weighted by Crippen LogP contribution is 2.38. The van der Waals surface area contributed by atoms with Crippen LogP contribution in [0.1, 0.15) is 84.5 Å². The summed E-state index contributed by atoms with van der Waals surface area (Å²) in [5.41, 5.74) is 0. The summed E-state index contributed by atoms with van der Waals surface area (Å²) in [5, 5.41) is 0. The van der Waals surface area contributed by atoms with Crippen LogP contribution in [0.2, 0.25) is 0 Å². The zero-order chi connectivity index (χ0) is 12.6. The van der Waals surface area contributed by atoms with Gasteiger partial charge in [-0.1, -0.05) is 65.2 Å². The normalized spacial score (nSPS) is 12.4. The zero-order valence-electron chi connectivity index (χ0n) is 12.3. The molecule has 0 saturated heterocycles. The van der Waals surface area contributed by atoms with E-state index in [9.17, 15) is 0 Å². The Morgan fingerprint density at radius 2 is 1.18 bits per heavy atom. The summed E-state index contributed by atoms with van der Waals surface area (Å²) in [6.45, 7) is 4.60. The molecule has 0 aliphatic heterocycles. The Hall–Kier alpha value is 0.860. The second-order valence-corrected chi connectivity index (χ2v) is 9.47. The number of rotatable bonds is 14. The molecule has 0 heterocycles. The molecule has 0 aromatic carbocycles. The van der Waals surface area contributed by atoms with Gasteiger partial charge in [0, 0.05) is 16.5 Å². The van der Waals surface area contributed by atoms with Gasteiger partial charge < -0.3 is 0 Å². The molecule has 104 valence electrons. The molecule has 0 N–H and O–H groups in total. The molecule has 0 aliphatic carbocycles. The quantitative estimate of drug-likeness (QED) is 0.257. The van der Waals surface area contributed by atoms with E-state index in [1.165, 1.54) is 78.9 Å². The Labute approximate surface area is 114 Å². The standard InChI is InChI=1S/C15H34P2/c1-3-5-7-9-10-11-13-15-17-16-14-12-8-6-4-2/h16-17H,3-15H2,1-2H3/p+1. The predicted octanol–water partition coefficient (Wildman–Crippen LogP) is 6.32. The van der Waals surface area contributed by atoms with Crippen LogP contribution < -0.4 is 0 Å². The predicted molar refractivity (Wildman–Crippen MR) is 89.9 cm³/mol. The van der Waals surface area contributed by atoms with Gasteiger partial charge in [-0.3, -0.25) is 0 Å². The summed E-state index contributed by atoms with van der Waals surface area (Å²) in [4.78, 5) is 0. The number of hydrogen-bond donors (Lipinski definition) is 0. The molecule has 0 saturated carbocycles. The Morgan fingerprint density at radius 3 is 1.82 bits per heavy atom. The van der Waals surface area contributed by atoms with Crippen LogP contribution in [-0.2, 0) is 0 Å². The van der Waals surface area contributed by atoms with E-state index in [1.807, 2.05) is 0 Å². The van der Waals surface area contributed by atoms with Crippen LogP contribution in [0.15, 0.2) is 0 Å². The molecule has 0 fully saturated rings. The van der Waals surface area contributed by atoms with Crippen molar-refractivity contribution < 1.29 is 0 Å². The highest BCUT2D eigenvalue weighted by molar-refractivity contribution is 8.11. The van der Waals surface area contributed by atoms with E-state index < -0.39 is 0 Å². The molecule has 2 atom stereocenters. The summed E-state index contributed by atoms with van der Waals surface area (Å²) >= 11 is 0. The summed E-state index contributed by atoms with van der Waals surface area (Å²) < 4.78 is 0. The first-order chi connectivity index (χ1) is 8.41. The average molecular weight is 277 g/mol. The lowest BCUT2D eigenvalue weighted by molar-refractivity contribution is 0.603. The van der Waals surface area contributed by atoms with Gasteiger partial charge in [0.05, 0.1) is 6.16 Å². The summed E-state index contributed by atoms with van der Waals surface area (Å²) in [6.07, 6.45) is 19.3. The fourth-order valence-electron chi connectivity index (χ4n) is 2.06. The summed E-state index contributed by atoms with van der Waals surface area (Å²) in [5.74, 6) is 0. The van der Waals surface area contributed by atoms with Gasteiger partial charge in [-0.25, -0.2) is 0 Å². The lowest BCUT2D eigenvalue weighted by Crippen LogP contribution is -1.81. The molecule has 0 radical (unpaired) electrons. The van der Waals surface area contributed by atoms with E-state index >= 15 is 0 Å². The Balaban J connectivity index is 2.85. The highest BCUT2D eigenvalue weighted by atomic mass is 32.0. The van der Waals surface area contributed by atoms with Crippen LogP contribution >= 0.6 is 16.5 Å². The van der Waals surface area contributed by atoms with Crippen molar-refractivity contribution >= 4 is 16.5 Å². The van der Waals surface area contributed by atoms with Gasteiger partial charge in [0.25, 0.3) is 0 Å². The molecule has 2 unspecified atom stereocenters. The van der Waals surface area contributed by atoms with Crippen molar-refractivity contribution in [3.8, 4) is 0 Å². The summed E-state index contributed by atoms with van der Waals surface area (Å²) in [7, 11) is 2.16.